The Labute approximate surface area is 138 Å². The number of aryl methyl sites for hydroxylation is 1. The molecule has 0 spiro atoms. The third-order valence-corrected chi connectivity index (χ3v) is 4.94. The number of hydrogen-bond donors (Lipinski definition) is 0. The van der Waals surface area contributed by atoms with Crippen LogP contribution in [0.3, 0.4) is 0 Å². The van der Waals surface area contributed by atoms with Crippen LogP contribution in [0.25, 0.3) is 6.08 Å². The molecule has 0 aromatic heterocycles. The van der Waals surface area contributed by atoms with E-state index in [1.807, 2.05) is 6.92 Å². The molecule has 2 aromatic carbocycles. The Bertz CT molecular complexity index is 835. The first-order valence-electron chi connectivity index (χ1n) is 7.27. The van der Waals surface area contributed by atoms with E-state index in [4.69, 9.17) is 0 Å². The zero-order valence-electron chi connectivity index (χ0n) is 13.8. The third kappa shape index (κ3) is 3.88. The Morgan fingerprint density at radius 3 is 2.00 bits per heavy atom. The fourth-order valence-corrected chi connectivity index (χ4v) is 2.87. The Kier molecular flexibility index (Phi) is 4.75. The lowest BCUT2D eigenvalue weighted by atomic mass is 10.2. The van der Waals surface area contributed by atoms with Crippen molar-refractivity contribution in [3.05, 3.63) is 65.4 Å². The van der Waals surface area contributed by atoms with Gasteiger partial charge in [0.1, 0.15) is 21.5 Å². The summed E-state index contributed by atoms with van der Waals surface area (Å²) < 4.78 is 32.1. The molecule has 0 unspecified atom stereocenters. The van der Waals surface area contributed by atoms with Crippen LogP contribution in [0.2, 0.25) is 0 Å². The second-order valence-corrected chi connectivity index (χ2v) is 7.44. The molecule has 0 N–H and O–H groups in total. The van der Waals surface area contributed by atoms with E-state index in [1.165, 1.54) is 29.1 Å². The average Bonchev–Trinajstić information content (AvgIpc) is 2.70. The molecule has 5 heteroatoms. The van der Waals surface area contributed by atoms with Gasteiger partial charge in [-0.2, -0.15) is 0 Å². The van der Waals surface area contributed by atoms with Crippen LogP contribution in [0.1, 0.15) is 18.1 Å². The molecule has 0 bridgehead atoms. The minimum absolute atomic E-state index is 0.178. The van der Waals surface area contributed by atoms with Gasteiger partial charge in [-0.1, -0.05) is 29.8 Å². The zero-order chi connectivity index (χ0) is 17.3. The summed E-state index contributed by atoms with van der Waals surface area (Å²) in [5.41, 5.74) is 5.09. The van der Waals surface area contributed by atoms with Crippen molar-refractivity contribution in [1.82, 2.24) is 4.48 Å². The van der Waals surface area contributed by atoms with Crippen LogP contribution in [0.5, 0.6) is 0 Å². The van der Waals surface area contributed by atoms with Gasteiger partial charge < -0.3 is 4.55 Å². The third-order valence-electron chi connectivity index (χ3n) is 4.09. The van der Waals surface area contributed by atoms with Crippen LogP contribution < -0.4 is 4.48 Å². The van der Waals surface area contributed by atoms with Gasteiger partial charge in [-0.05, 0) is 25.1 Å². The number of quaternary nitrogens is 1. The maximum absolute atomic E-state index is 10.4. The van der Waals surface area contributed by atoms with E-state index in [2.05, 4.69) is 51.4 Å². The molecule has 0 aliphatic carbocycles. The molecular formula is C18H21NO3S. The first-order chi connectivity index (χ1) is 10.6. The second kappa shape index (κ2) is 6.28. The normalized spacial score (nSPS) is 15.3. The summed E-state index contributed by atoms with van der Waals surface area (Å²) in [6.45, 7) is 4.00. The minimum atomic E-state index is -4.27. The second-order valence-electron chi connectivity index (χ2n) is 6.07. The standard InChI is InChI=1S/C11H14N.C7H8O3S/c1-9-8-10-6-4-5-7-11(10)12(9,2)3;1-6-2-4-7(5-3-6)11(8,9)10/h4-8H,1-3H3;2-5H,1H3,(H,8,9,10)/q+1;/p-1. The van der Waals surface area contributed by atoms with Gasteiger partial charge in [-0.15, -0.1) is 0 Å². The van der Waals surface area contributed by atoms with E-state index < -0.39 is 10.1 Å². The van der Waals surface area contributed by atoms with Gasteiger partial charge in [0.05, 0.1) is 19.0 Å². The molecule has 0 saturated heterocycles. The Morgan fingerprint density at radius 2 is 1.48 bits per heavy atom. The topological polar surface area (TPSA) is 57.2 Å². The highest BCUT2D eigenvalue weighted by Gasteiger charge is 2.29. The lowest BCUT2D eigenvalue weighted by molar-refractivity contribution is 0.463. The van der Waals surface area contributed by atoms with Gasteiger partial charge in [0.2, 0.25) is 0 Å². The van der Waals surface area contributed by atoms with Crippen LogP contribution in [0.4, 0.5) is 5.69 Å². The van der Waals surface area contributed by atoms with E-state index in [0.717, 1.165) is 10.0 Å². The number of rotatable bonds is 1. The molecule has 0 saturated carbocycles. The Morgan fingerprint density at radius 1 is 0.913 bits per heavy atom. The highest BCUT2D eigenvalue weighted by Crippen LogP contribution is 2.36. The number of hydrogen-bond acceptors (Lipinski definition) is 3. The average molecular weight is 331 g/mol. The largest absolute Gasteiger partial charge is 0.744 e. The molecule has 3 rings (SSSR count). The number of allylic oxidation sites excluding steroid dienone is 1. The quantitative estimate of drug-likeness (QED) is 0.593. The molecule has 122 valence electrons. The molecule has 0 radical (unpaired) electrons. The first kappa shape index (κ1) is 17.4. The maximum atomic E-state index is 10.4. The van der Waals surface area contributed by atoms with Crippen LogP contribution in [-0.2, 0) is 10.1 Å². The highest BCUT2D eigenvalue weighted by atomic mass is 32.2. The van der Waals surface area contributed by atoms with E-state index in [9.17, 15) is 13.0 Å². The lowest BCUT2D eigenvalue weighted by Gasteiger charge is -2.25. The fourth-order valence-electron chi connectivity index (χ4n) is 2.40. The van der Waals surface area contributed by atoms with Crippen LogP contribution in [0, 0.1) is 6.92 Å². The van der Waals surface area contributed by atoms with E-state index >= 15 is 0 Å². The summed E-state index contributed by atoms with van der Waals surface area (Å²) in [7, 11) is 0.170. The summed E-state index contributed by atoms with van der Waals surface area (Å²) in [6.07, 6.45) is 2.26. The monoisotopic (exact) mass is 331 g/mol. The van der Waals surface area contributed by atoms with E-state index in [0.29, 0.717) is 0 Å². The molecule has 4 nitrogen and oxygen atoms in total. The lowest BCUT2D eigenvalue weighted by Crippen LogP contribution is -2.35. The summed E-state index contributed by atoms with van der Waals surface area (Å²) >= 11 is 0. The number of nitrogens with zero attached hydrogens (tertiary/aromatic N) is 1. The molecule has 2 aromatic rings. The van der Waals surface area contributed by atoms with Crippen molar-refractivity contribution in [2.24, 2.45) is 0 Å². The first-order valence-corrected chi connectivity index (χ1v) is 8.68. The molecule has 23 heavy (non-hydrogen) atoms. The minimum Gasteiger partial charge on any atom is -0.744 e. The highest BCUT2D eigenvalue weighted by molar-refractivity contribution is 7.85. The van der Waals surface area contributed by atoms with Gasteiger partial charge in [0, 0.05) is 24.6 Å². The van der Waals surface area contributed by atoms with Crippen molar-refractivity contribution < 1.29 is 13.0 Å². The summed E-state index contributed by atoms with van der Waals surface area (Å²) in [4.78, 5) is -0.178. The Balaban J connectivity index is 0.000000168. The maximum Gasteiger partial charge on any atom is 0.144 e. The predicted molar refractivity (Wildman–Crippen MR) is 92.9 cm³/mol. The summed E-state index contributed by atoms with van der Waals surface area (Å²) in [6, 6.07) is 14.3. The molecule has 1 aliphatic heterocycles. The zero-order valence-corrected chi connectivity index (χ0v) is 14.6. The van der Waals surface area contributed by atoms with Crippen molar-refractivity contribution in [2.75, 3.05) is 14.1 Å². The summed E-state index contributed by atoms with van der Waals surface area (Å²) in [5.74, 6) is 0. The van der Waals surface area contributed by atoms with Crippen LogP contribution in [0.15, 0.2) is 59.1 Å². The summed E-state index contributed by atoms with van der Waals surface area (Å²) in [5, 5.41) is 0. The molecular weight excluding hydrogens is 310 g/mol. The predicted octanol–water partition coefficient (Wildman–Crippen LogP) is 3.53. The number of para-hydroxylation sites is 1. The van der Waals surface area contributed by atoms with Crippen molar-refractivity contribution in [1.29, 1.82) is 0 Å². The molecule has 0 atom stereocenters. The number of fused-ring (bicyclic) bond motifs is 1. The van der Waals surface area contributed by atoms with Crippen molar-refractivity contribution in [3.8, 4) is 0 Å². The molecule has 1 aliphatic rings. The van der Waals surface area contributed by atoms with E-state index in [1.54, 1.807) is 12.1 Å². The number of benzene rings is 2. The van der Waals surface area contributed by atoms with Crippen LogP contribution >= 0.6 is 0 Å². The van der Waals surface area contributed by atoms with Gasteiger partial charge in [-0.3, -0.25) is 4.48 Å². The van der Waals surface area contributed by atoms with Gasteiger partial charge in [0.15, 0.2) is 0 Å². The van der Waals surface area contributed by atoms with Gasteiger partial charge >= 0.3 is 0 Å². The molecule has 0 amide bonds. The van der Waals surface area contributed by atoms with Crippen molar-refractivity contribution in [3.63, 3.8) is 0 Å². The molecule has 1 heterocycles. The van der Waals surface area contributed by atoms with Gasteiger partial charge in [-0.25, -0.2) is 8.42 Å². The van der Waals surface area contributed by atoms with Crippen LogP contribution in [-0.4, -0.2) is 27.1 Å². The Hall–Kier alpha value is -1.95. The van der Waals surface area contributed by atoms with Crippen molar-refractivity contribution >= 4 is 21.9 Å². The smallest absolute Gasteiger partial charge is 0.144 e. The van der Waals surface area contributed by atoms with E-state index in [-0.39, 0.29) is 4.90 Å². The molecule has 0 fully saturated rings. The van der Waals surface area contributed by atoms with Gasteiger partial charge in [0.25, 0.3) is 0 Å². The SMILES string of the molecule is CC1=Cc2ccccc2[N+]1(C)C.Cc1ccc(S(=O)(=O)[O-])cc1. The fraction of sp³-hybridized carbons (Fsp3) is 0.222. The van der Waals surface area contributed by atoms with Crippen molar-refractivity contribution in [2.45, 2.75) is 18.7 Å².